The average Bonchev–Trinajstić information content (AvgIpc) is 2.51. The smallest absolute Gasteiger partial charge is 0.317 e. The second kappa shape index (κ2) is 7.80. The second-order valence-corrected chi connectivity index (χ2v) is 5.49. The van der Waals surface area contributed by atoms with Crippen LogP contribution in [-0.2, 0) is 13.0 Å². The Balaban J connectivity index is 1.79. The lowest BCUT2D eigenvalue weighted by molar-refractivity contribution is 0.207. The van der Waals surface area contributed by atoms with Gasteiger partial charge in [-0.25, -0.2) is 9.18 Å². The summed E-state index contributed by atoms with van der Waals surface area (Å²) in [5, 5.41) is 3.45. The molecule has 0 radical (unpaired) electrons. The molecule has 2 aromatic rings. The van der Waals surface area contributed by atoms with E-state index >= 15 is 0 Å². The van der Waals surface area contributed by atoms with Crippen molar-refractivity contribution >= 4 is 17.6 Å². The van der Waals surface area contributed by atoms with Crippen molar-refractivity contribution in [3.63, 3.8) is 0 Å². The number of hydrogen-bond donors (Lipinski definition) is 1. The first-order valence-corrected chi connectivity index (χ1v) is 7.41. The van der Waals surface area contributed by atoms with E-state index in [4.69, 9.17) is 11.6 Å². The summed E-state index contributed by atoms with van der Waals surface area (Å²) in [5.41, 5.74) is 1.60. The minimum Gasteiger partial charge on any atom is -0.338 e. The minimum absolute atomic E-state index is 0.189. The molecule has 0 saturated heterocycles. The van der Waals surface area contributed by atoms with Gasteiger partial charge in [0.15, 0.2) is 0 Å². The maximum Gasteiger partial charge on any atom is 0.317 e. The average molecular weight is 321 g/mol. The van der Waals surface area contributed by atoms with Gasteiger partial charge < -0.3 is 10.2 Å². The first kappa shape index (κ1) is 16.3. The lowest BCUT2D eigenvalue weighted by Crippen LogP contribution is -2.37. The van der Waals surface area contributed by atoms with Crippen LogP contribution in [0.4, 0.5) is 9.18 Å². The molecule has 1 N–H and O–H groups in total. The molecule has 2 rings (SSSR count). The van der Waals surface area contributed by atoms with Gasteiger partial charge in [-0.3, -0.25) is 0 Å². The Kier molecular flexibility index (Phi) is 5.78. The van der Waals surface area contributed by atoms with Crippen molar-refractivity contribution in [3.05, 3.63) is 70.5 Å². The van der Waals surface area contributed by atoms with Crippen LogP contribution in [-0.4, -0.2) is 24.5 Å². The molecule has 0 atom stereocenters. The molecule has 2 amide bonds. The molecule has 0 bridgehead atoms. The SMILES string of the molecule is CN(Cc1ccc(Cl)cc1)C(=O)NCCc1ccccc1F. The zero-order chi connectivity index (χ0) is 15.9. The van der Waals surface area contributed by atoms with E-state index in [2.05, 4.69) is 5.32 Å². The van der Waals surface area contributed by atoms with Gasteiger partial charge >= 0.3 is 6.03 Å². The third kappa shape index (κ3) is 4.74. The van der Waals surface area contributed by atoms with Crippen molar-refractivity contribution in [2.24, 2.45) is 0 Å². The third-order valence-corrected chi connectivity index (χ3v) is 3.56. The Morgan fingerprint density at radius 3 is 2.55 bits per heavy atom. The predicted octanol–water partition coefficient (Wildman–Crippen LogP) is 3.86. The second-order valence-electron chi connectivity index (χ2n) is 5.06. The fraction of sp³-hybridized carbons (Fsp3) is 0.235. The number of halogens is 2. The van der Waals surface area contributed by atoms with Crippen LogP contribution in [0, 0.1) is 5.82 Å². The number of urea groups is 1. The molecule has 22 heavy (non-hydrogen) atoms. The van der Waals surface area contributed by atoms with Crippen LogP contribution in [0.3, 0.4) is 0 Å². The van der Waals surface area contributed by atoms with Gasteiger partial charge in [-0.15, -0.1) is 0 Å². The Bertz CT molecular complexity index is 631. The van der Waals surface area contributed by atoms with Crippen LogP contribution in [0.15, 0.2) is 48.5 Å². The van der Waals surface area contributed by atoms with E-state index in [0.29, 0.717) is 30.1 Å². The van der Waals surface area contributed by atoms with Gasteiger partial charge in [0.05, 0.1) is 0 Å². The van der Waals surface area contributed by atoms with Crippen LogP contribution < -0.4 is 5.32 Å². The summed E-state index contributed by atoms with van der Waals surface area (Å²) in [6, 6.07) is 13.7. The number of rotatable bonds is 5. The molecule has 0 unspecified atom stereocenters. The Labute approximate surface area is 134 Å². The molecule has 3 nitrogen and oxygen atoms in total. The summed E-state index contributed by atoms with van der Waals surface area (Å²) in [4.78, 5) is 13.6. The van der Waals surface area contributed by atoms with Crippen LogP contribution >= 0.6 is 11.6 Å². The maximum absolute atomic E-state index is 13.5. The molecule has 0 aliphatic heterocycles. The first-order chi connectivity index (χ1) is 10.6. The number of hydrogen-bond acceptors (Lipinski definition) is 1. The fourth-order valence-electron chi connectivity index (χ4n) is 2.08. The molecule has 0 spiro atoms. The number of amides is 2. The quantitative estimate of drug-likeness (QED) is 0.891. The highest BCUT2D eigenvalue weighted by atomic mass is 35.5. The van der Waals surface area contributed by atoms with Crippen LogP contribution in [0.5, 0.6) is 0 Å². The highest BCUT2D eigenvalue weighted by Crippen LogP contribution is 2.11. The van der Waals surface area contributed by atoms with E-state index in [1.807, 2.05) is 12.1 Å². The summed E-state index contributed by atoms with van der Waals surface area (Å²) >= 11 is 5.83. The van der Waals surface area contributed by atoms with Crippen molar-refractivity contribution in [1.29, 1.82) is 0 Å². The monoisotopic (exact) mass is 320 g/mol. The van der Waals surface area contributed by atoms with E-state index in [9.17, 15) is 9.18 Å². The molecule has 2 aromatic carbocycles. The Morgan fingerprint density at radius 2 is 1.86 bits per heavy atom. The van der Waals surface area contributed by atoms with Crippen LogP contribution in [0.2, 0.25) is 5.02 Å². The molecule has 0 heterocycles. The van der Waals surface area contributed by atoms with Gasteiger partial charge in [-0.05, 0) is 35.7 Å². The standard InChI is InChI=1S/C17H18ClFN2O/c1-21(12-13-6-8-15(18)9-7-13)17(22)20-11-10-14-4-2-3-5-16(14)19/h2-9H,10-12H2,1H3,(H,20,22). The van der Waals surface area contributed by atoms with E-state index in [-0.39, 0.29) is 11.8 Å². The van der Waals surface area contributed by atoms with Crippen molar-refractivity contribution in [2.75, 3.05) is 13.6 Å². The van der Waals surface area contributed by atoms with E-state index in [1.54, 1.807) is 42.3 Å². The molecule has 0 aromatic heterocycles. The molecule has 116 valence electrons. The first-order valence-electron chi connectivity index (χ1n) is 7.03. The largest absolute Gasteiger partial charge is 0.338 e. The van der Waals surface area contributed by atoms with Crippen molar-refractivity contribution in [1.82, 2.24) is 10.2 Å². The highest BCUT2D eigenvalue weighted by molar-refractivity contribution is 6.30. The molecule has 0 fully saturated rings. The van der Waals surface area contributed by atoms with Gasteiger partial charge in [0, 0.05) is 25.2 Å². The summed E-state index contributed by atoms with van der Waals surface area (Å²) in [6.07, 6.45) is 0.465. The predicted molar refractivity (Wildman–Crippen MR) is 86.4 cm³/mol. The number of nitrogens with zero attached hydrogens (tertiary/aromatic N) is 1. The number of carbonyl (C=O) groups is 1. The summed E-state index contributed by atoms with van der Waals surface area (Å²) < 4.78 is 13.5. The van der Waals surface area contributed by atoms with Gasteiger partial charge in [0.1, 0.15) is 5.82 Å². The van der Waals surface area contributed by atoms with Gasteiger partial charge in [-0.1, -0.05) is 41.9 Å². The zero-order valence-electron chi connectivity index (χ0n) is 12.4. The third-order valence-electron chi connectivity index (χ3n) is 3.31. The Hall–Kier alpha value is -2.07. The number of benzene rings is 2. The van der Waals surface area contributed by atoms with Gasteiger partial charge in [-0.2, -0.15) is 0 Å². The molecular formula is C17H18ClFN2O. The van der Waals surface area contributed by atoms with Crippen LogP contribution in [0.1, 0.15) is 11.1 Å². The van der Waals surface area contributed by atoms with Crippen molar-refractivity contribution in [3.8, 4) is 0 Å². The normalized spacial score (nSPS) is 10.3. The molecule has 5 heteroatoms. The van der Waals surface area contributed by atoms with Gasteiger partial charge in [0.2, 0.25) is 0 Å². The molecule has 0 aliphatic rings. The zero-order valence-corrected chi connectivity index (χ0v) is 13.1. The topological polar surface area (TPSA) is 32.3 Å². The molecule has 0 aliphatic carbocycles. The number of carbonyl (C=O) groups excluding carboxylic acids is 1. The summed E-state index contributed by atoms with van der Waals surface area (Å²) in [5.74, 6) is -0.244. The molecular weight excluding hydrogens is 303 g/mol. The lowest BCUT2D eigenvalue weighted by Gasteiger charge is -2.18. The summed E-state index contributed by atoms with van der Waals surface area (Å²) in [7, 11) is 1.72. The summed E-state index contributed by atoms with van der Waals surface area (Å²) in [6.45, 7) is 0.882. The van der Waals surface area contributed by atoms with E-state index < -0.39 is 0 Å². The maximum atomic E-state index is 13.5. The van der Waals surface area contributed by atoms with E-state index in [0.717, 1.165) is 5.56 Å². The Morgan fingerprint density at radius 1 is 1.18 bits per heavy atom. The van der Waals surface area contributed by atoms with E-state index in [1.165, 1.54) is 6.07 Å². The van der Waals surface area contributed by atoms with Crippen LogP contribution in [0.25, 0.3) is 0 Å². The van der Waals surface area contributed by atoms with Gasteiger partial charge in [0.25, 0.3) is 0 Å². The highest BCUT2D eigenvalue weighted by Gasteiger charge is 2.09. The van der Waals surface area contributed by atoms with Crippen molar-refractivity contribution < 1.29 is 9.18 Å². The fourth-order valence-corrected chi connectivity index (χ4v) is 2.20. The number of nitrogens with one attached hydrogen (secondary N) is 1. The minimum atomic E-state index is -0.244. The lowest BCUT2D eigenvalue weighted by atomic mass is 10.1. The molecule has 0 saturated carbocycles. The van der Waals surface area contributed by atoms with Crippen molar-refractivity contribution in [2.45, 2.75) is 13.0 Å².